The van der Waals surface area contributed by atoms with Gasteiger partial charge in [-0.25, -0.2) is 8.78 Å². The lowest BCUT2D eigenvalue weighted by atomic mass is 10.1. The van der Waals surface area contributed by atoms with Crippen LogP contribution in [0.25, 0.3) is 0 Å². The molecule has 0 atom stereocenters. The molecule has 1 rings (SSSR count). The molecule has 0 saturated carbocycles. The number of carbonyl (C=O) groups excluding carboxylic acids is 2. The molecule has 0 heterocycles. The Kier molecular flexibility index (Phi) is 2.28. The predicted octanol–water partition coefficient (Wildman–Crippen LogP) is 1.59. The van der Waals surface area contributed by atoms with Gasteiger partial charge in [0.05, 0.1) is 11.1 Å². The van der Waals surface area contributed by atoms with Crippen molar-refractivity contribution in [2.75, 3.05) is 0 Å². The normalized spacial score (nSPS) is 9.50. The van der Waals surface area contributed by atoms with Crippen LogP contribution < -0.4 is 0 Å². The average molecular weight is 170 g/mol. The van der Waals surface area contributed by atoms with Crippen LogP contribution in [-0.2, 0) is 0 Å². The fourth-order valence-corrected chi connectivity index (χ4v) is 0.823. The molecular formula is C8H4F2O2. The molecule has 0 saturated heterocycles. The largest absolute Gasteiger partial charge is 0.298 e. The Morgan fingerprint density at radius 2 is 1.25 bits per heavy atom. The van der Waals surface area contributed by atoms with E-state index in [4.69, 9.17) is 0 Å². The zero-order chi connectivity index (χ0) is 9.14. The Labute approximate surface area is 66.8 Å². The number of benzene rings is 1. The highest BCUT2D eigenvalue weighted by Gasteiger charge is 2.11. The maximum absolute atomic E-state index is 12.7. The number of rotatable bonds is 2. The summed E-state index contributed by atoms with van der Waals surface area (Å²) < 4.78 is 25.3. The summed E-state index contributed by atoms with van der Waals surface area (Å²) in [5.74, 6) is -1.79. The van der Waals surface area contributed by atoms with Crippen LogP contribution in [0.3, 0.4) is 0 Å². The molecule has 12 heavy (non-hydrogen) atoms. The standard InChI is InChI=1S/C8H4F2O2/c9-7-1-2-8(10)6(4-12)5(7)3-11/h1-4H. The van der Waals surface area contributed by atoms with Crippen LogP contribution in [0.1, 0.15) is 20.7 Å². The van der Waals surface area contributed by atoms with Gasteiger partial charge in [-0.15, -0.1) is 0 Å². The second kappa shape index (κ2) is 3.21. The third-order valence-corrected chi connectivity index (χ3v) is 1.42. The number of hydrogen-bond donors (Lipinski definition) is 0. The second-order valence-electron chi connectivity index (χ2n) is 2.09. The summed E-state index contributed by atoms with van der Waals surface area (Å²) in [6.45, 7) is 0. The molecule has 1 aromatic rings. The van der Waals surface area contributed by atoms with Crippen LogP contribution in [0.5, 0.6) is 0 Å². The molecule has 0 bridgehead atoms. The zero-order valence-electron chi connectivity index (χ0n) is 5.88. The van der Waals surface area contributed by atoms with Gasteiger partial charge >= 0.3 is 0 Å². The van der Waals surface area contributed by atoms with E-state index in [2.05, 4.69) is 0 Å². The summed E-state index contributed by atoms with van der Waals surface area (Å²) in [5, 5.41) is 0. The Bertz CT molecular complexity index is 301. The zero-order valence-corrected chi connectivity index (χ0v) is 5.88. The smallest absolute Gasteiger partial charge is 0.153 e. The van der Waals surface area contributed by atoms with Gasteiger partial charge in [-0.3, -0.25) is 9.59 Å². The van der Waals surface area contributed by atoms with Gasteiger partial charge in [0.15, 0.2) is 12.6 Å². The van der Waals surface area contributed by atoms with Crippen molar-refractivity contribution in [3.8, 4) is 0 Å². The summed E-state index contributed by atoms with van der Waals surface area (Å²) in [5.41, 5.74) is -1.07. The molecule has 0 spiro atoms. The van der Waals surface area contributed by atoms with Crippen LogP contribution >= 0.6 is 0 Å². The van der Waals surface area contributed by atoms with Crippen molar-refractivity contribution in [3.63, 3.8) is 0 Å². The maximum atomic E-state index is 12.7. The van der Waals surface area contributed by atoms with Crippen LogP contribution in [0.4, 0.5) is 8.78 Å². The highest BCUT2D eigenvalue weighted by atomic mass is 19.1. The van der Waals surface area contributed by atoms with Gasteiger partial charge in [0.25, 0.3) is 0 Å². The van der Waals surface area contributed by atoms with E-state index in [-0.39, 0.29) is 12.6 Å². The van der Waals surface area contributed by atoms with Crippen LogP contribution in [-0.4, -0.2) is 12.6 Å². The molecule has 0 unspecified atom stereocenters. The van der Waals surface area contributed by atoms with Gasteiger partial charge in [-0.2, -0.15) is 0 Å². The molecule has 4 heteroatoms. The molecule has 0 N–H and O–H groups in total. The van der Waals surface area contributed by atoms with E-state index in [1.165, 1.54) is 0 Å². The van der Waals surface area contributed by atoms with E-state index in [9.17, 15) is 18.4 Å². The number of hydrogen-bond acceptors (Lipinski definition) is 2. The molecule has 0 aliphatic heterocycles. The van der Waals surface area contributed by atoms with Gasteiger partial charge in [-0.05, 0) is 12.1 Å². The summed E-state index contributed by atoms with van der Waals surface area (Å²) >= 11 is 0. The van der Waals surface area contributed by atoms with Crippen molar-refractivity contribution >= 4 is 12.6 Å². The first-order valence-electron chi connectivity index (χ1n) is 3.09. The van der Waals surface area contributed by atoms with Crippen molar-refractivity contribution in [2.45, 2.75) is 0 Å². The highest BCUT2D eigenvalue weighted by Crippen LogP contribution is 2.13. The molecule has 0 radical (unpaired) electrons. The summed E-state index contributed by atoms with van der Waals surface area (Å²) in [7, 11) is 0. The van der Waals surface area contributed by atoms with E-state index in [1.54, 1.807) is 0 Å². The first kappa shape index (κ1) is 8.52. The minimum absolute atomic E-state index is 0.113. The minimum Gasteiger partial charge on any atom is -0.298 e. The fourth-order valence-electron chi connectivity index (χ4n) is 0.823. The van der Waals surface area contributed by atoms with E-state index >= 15 is 0 Å². The van der Waals surface area contributed by atoms with E-state index in [0.29, 0.717) is 0 Å². The monoisotopic (exact) mass is 170 g/mol. The summed E-state index contributed by atoms with van der Waals surface area (Å²) in [6.07, 6.45) is 0.226. The second-order valence-corrected chi connectivity index (χ2v) is 2.09. The van der Waals surface area contributed by atoms with Gasteiger partial charge < -0.3 is 0 Å². The van der Waals surface area contributed by atoms with Crippen molar-refractivity contribution in [1.29, 1.82) is 0 Å². The Hall–Kier alpha value is -1.58. The lowest BCUT2D eigenvalue weighted by molar-refractivity contribution is 0.108. The van der Waals surface area contributed by atoms with E-state index in [1.807, 2.05) is 0 Å². The topological polar surface area (TPSA) is 34.1 Å². The molecule has 0 fully saturated rings. The lowest BCUT2D eigenvalue weighted by Gasteiger charge is -1.98. The highest BCUT2D eigenvalue weighted by molar-refractivity contribution is 5.90. The number of carbonyl (C=O) groups is 2. The molecule has 0 aliphatic carbocycles. The van der Waals surface area contributed by atoms with Crippen molar-refractivity contribution in [1.82, 2.24) is 0 Å². The first-order valence-corrected chi connectivity index (χ1v) is 3.09. The minimum atomic E-state index is -0.895. The van der Waals surface area contributed by atoms with E-state index in [0.717, 1.165) is 12.1 Å². The SMILES string of the molecule is O=Cc1c(F)ccc(F)c1C=O. The van der Waals surface area contributed by atoms with Gasteiger partial charge in [0, 0.05) is 0 Å². The molecule has 1 aromatic carbocycles. The Morgan fingerprint density at radius 1 is 0.917 bits per heavy atom. The fraction of sp³-hybridized carbons (Fsp3) is 0. The Balaban J connectivity index is 3.48. The third kappa shape index (κ3) is 1.23. The van der Waals surface area contributed by atoms with Gasteiger partial charge in [0.2, 0.25) is 0 Å². The first-order chi connectivity index (χ1) is 5.70. The van der Waals surface area contributed by atoms with Crippen molar-refractivity contribution in [3.05, 3.63) is 34.9 Å². The molecule has 62 valence electrons. The quantitative estimate of drug-likeness (QED) is 0.631. The summed E-state index contributed by atoms with van der Waals surface area (Å²) in [6, 6.07) is 1.60. The van der Waals surface area contributed by atoms with Crippen molar-refractivity contribution in [2.24, 2.45) is 0 Å². The molecule has 0 amide bonds. The van der Waals surface area contributed by atoms with Crippen molar-refractivity contribution < 1.29 is 18.4 Å². The predicted molar refractivity (Wildman–Crippen MR) is 37.1 cm³/mol. The third-order valence-electron chi connectivity index (χ3n) is 1.42. The lowest BCUT2D eigenvalue weighted by Crippen LogP contribution is -1.98. The van der Waals surface area contributed by atoms with Gasteiger partial charge in [-0.1, -0.05) is 0 Å². The van der Waals surface area contributed by atoms with Crippen LogP contribution in [0.2, 0.25) is 0 Å². The maximum Gasteiger partial charge on any atom is 0.153 e. The molecule has 0 aromatic heterocycles. The number of aldehydes is 2. The Morgan fingerprint density at radius 3 is 1.50 bits per heavy atom. The molecular weight excluding hydrogens is 166 g/mol. The van der Waals surface area contributed by atoms with Crippen LogP contribution in [0, 0.1) is 11.6 Å². The summed E-state index contributed by atoms with van der Waals surface area (Å²) in [4.78, 5) is 20.4. The van der Waals surface area contributed by atoms with Gasteiger partial charge in [0.1, 0.15) is 11.6 Å². The van der Waals surface area contributed by atoms with Crippen LogP contribution in [0.15, 0.2) is 12.1 Å². The number of halogens is 2. The molecule has 2 nitrogen and oxygen atoms in total. The molecule has 0 aliphatic rings. The average Bonchev–Trinajstić information content (AvgIpc) is 2.08. The van der Waals surface area contributed by atoms with E-state index < -0.39 is 22.8 Å².